The van der Waals surface area contributed by atoms with Crippen molar-refractivity contribution in [2.45, 2.75) is 13.5 Å². The number of amides is 1. The first-order valence-electron chi connectivity index (χ1n) is 9.05. The van der Waals surface area contributed by atoms with Crippen LogP contribution in [0.3, 0.4) is 0 Å². The highest BCUT2D eigenvalue weighted by Crippen LogP contribution is 2.27. The molecule has 0 saturated heterocycles. The predicted octanol–water partition coefficient (Wildman–Crippen LogP) is 3.71. The molecule has 1 amide bonds. The first kappa shape index (κ1) is 18.4. The molecule has 0 unspecified atom stereocenters. The van der Waals surface area contributed by atoms with E-state index < -0.39 is 10.7 Å². The van der Waals surface area contributed by atoms with Crippen LogP contribution < -0.4 is 10.7 Å². The van der Waals surface area contributed by atoms with Gasteiger partial charge in [-0.3, -0.25) is 19.5 Å². The topological polar surface area (TPSA) is 98.6 Å². The first-order chi connectivity index (χ1) is 14.0. The number of rotatable bonds is 5. The Bertz CT molecular complexity index is 1300. The fourth-order valence-corrected chi connectivity index (χ4v) is 3.46. The van der Waals surface area contributed by atoms with Crippen molar-refractivity contribution in [2.75, 3.05) is 11.4 Å². The number of hydrogen-bond acceptors (Lipinski definition) is 5. The predicted molar refractivity (Wildman–Crippen MR) is 109 cm³/mol. The van der Waals surface area contributed by atoms with Crippen molar-refractivity contribution in [3.8, 4) is 0 Å². The number of nitro benzene ring substituents is 1. The summed E-state index contributed by atoms with van der Waals surface area (Å²) in [5, 5.41) is 13.0. The van der Waals surface area contributed by atoms with Gasteiger partial charge in [-0.25, -0.2) is 4.79 Å². The molecule has 1 aromatic heterocycles. The Hall–Kier alpha value is -3.94. The molecule has 8 nitrogen and oxygen atoms in total. The summed E-state index contributed by atoms with van der Waals surface area (Å²) in [5.74, 6) is -1.05. The maximum Gasteiger partial charge on any atom is 0.420 e. The average Bonchev–Trinajstić information content (AvgIpc) is 3.03. The van der Waals surface area contributed by atoms with Gasteiger partial charge in [-0.2, -0.15) is 0 Å². The van der Waals surface area contributed by atoms with Crippen molar-refractivity contribution < 1.29 is 14.1 Å². The molecule has 4 rings (SSSR count). The molecule has 0 fully saturated rings. The molecule has 0 aliphatic heterocycles. The van der Waals surface area contributed by atoms with Gasteiger partial charge in [0.25, 0.3) is 5.69 Å². The van der Waals surface area contributed by atoms with E-state index in [9.17, 15) is 19.7 Å². The summed E-state index contributed by atoms with van der Waals surface area (Å²) in [6.45, 7) is 1.96. The van der Waals surface area contributed by atoms with Crippen LogP contribution >= 0.6 is 0 Å². The Morgan fingerprint density at radius 3 is 2.66 bits per heavy atom. The number of nitrogens with zero attached hydrogens (tertiary/aromatic N) is 3. The van der Waals surface area contributed by atoms with Gasteiger partial charge in [0.2, 0.25) is 5.91 Å². The largest absolute Gasteiger partial charge is 0.420 e. The Labute approximate surface area is 164 Å². The van der Waals surface area contributed by atoms with Gasteiger partial charge in [0.1, 0.15) is 6.54 Å². The molecule has 4 aromatic rings. The van der Waals surface area contributed by atoms with Gasteiger partial charge in [0.15, 0.2) is 5.58 Å². The SMILES string of the molecule is CCN(C(=O)Cn1c(=O)oc2ccc([N+](=O)[O-])cc21)c1cccc2ccccc12. The molecular weight excluding hydrogens is 374 g/mol. The molecule has 0 aliphatic carbocycles. The van der Waals surface area contributed by atoms with Crippen LogP contribution in [0.2, 0.25) is 0 Å². The van der Waals surface area contributed by atoms with E-state index in [-0.39, 0.29) is 29.2 Å². The number of nitro groups is 1. The van der Waals surface area contributed by atoms with Crippen molar-refractivity contribution in [3.63, 3.8) is 0 Å². The Balaban J connectivity index is 1.75. The number of fused-ring (bicyclic) bond motifs is 2. The highest BCUT2D eigenvalue weighted by molar-refractivity contribution is 6.03. The third-order valence-electron chi connectivity index (χ3n) is 4.83. The van der Waals surface area contributed by atoms with Crippen LogP contribution in [-0.2, 0) is 11.3 Å². The molecule has 0 bridgehead atoms. The fraction of sp³-hybridized carbons (Fsp3) is 0.143. The summed E-state index contributed by atoms with van der Waals surface area (Å²) in [5.41, 5.74) is 0.969. The number of non-ortho nitro benzene ring substituents is 1. The van der Waals surface area contributed by atoms with Crippen LogP contribution in [0.25, 0.3) is 21.9 Å². The minimum absolute atomic E-state index is 0.180. The van der Waals surface area contributed by atoms with Crippen molar-refractivity contribution in [2.24, 2.45) is 0 Å². The van der Waals surface area contributed by atoms with Crippen LogP contribution in [0.1, 0.15) is 6.92 Å². The molecule has 0 radical (unpaired) electrons. The number of hydrogen-bond donors (Lipinski definition) is 0. The fourth-order valence-electron chi connectivity index (χ4n) is 3.46. The van der Waals surface area contributed by atoms with E-state index in [1.807, 2.05) is 49.4 Å². The second kappa shape index (κ2) is 7.23. The normalized spacial score (nSPS) is 11.1. The van der Waals surface area contributed by atoms with E-state index in [1.165, 1.54) is 18.2 Å². The summed E-state index contributed by atoms with van der Waals surface area (Å²) in [7, 11) is 0. The van der Waals surface area contributed by atoms with Gasteiger partial charge in [0.05, 0.1) is 16.1 Å². The number of benzene rings is 3. The molecule has 0 saturated carbocycles. The second-order valence-electron chi connectivity index (χ2n) is 6.50. The van der Waals surface area contributed by atoms with Gasteiger partial charge in [0, 0.05) is 24.1 Å². The second-order valence-corrected chi connectivity index (χ2v) is 6.50. The molecule has 0 aliphatic rings. The summed E-state index contributed by atoms with van der Waals surface area (Å²) in [6.07, 6.45) is 0. The third-order valence-corrected chi connectivity index (χ3v) is 4.83. The number of carbonyl (C=O) groups excluding carboxylic acids is 1. The van der Waals surface area contributed by atoms with Crippen molar-refractivity contribution in [1.82, 2.24) is 4.57 Å². The Morgan fingerprint density at radius 1 is 1.14 bits per heavy atom. The molecule has 1 heterocycles. The van der Waals surface area contributed by atoms with E-state index in [2.05, 4.69) is 0 Å². The average molecular weight is 391 g/mol. The molecule has 0 atom stereocenters. The summed E-state index contributed by atoms with van der Waals surface area (Å²) >= 11 is 0. The number of oxazole rings is 1. The molecule has 3 aromatic carbocycles. The molecule has 8 heteroatoms. The summed E-state index contributed by atoms with van der Waals surface area (Å²) < 4.78 is 6.26. The van der Waals surface area contributed by atoms with E-state index in [4.69, 9.17) is 4.42 Å². The van der Waals surface area contributed by atoms with E-state index in [0.29, 0.717) is 6.54 Å². The highest BCUT2D eigenvalue weighted by Gasteiger charge is 2.21. The minimum atomic E-state index is -0.733. The highest BCUT2D eigenvalue weighted by atomic mass is 16.6. The Kier molecular flexibility index (Phi) is 4.59. The van der Waals surface area contributed by atoms with Crippen molar-refractivity contribution >= 4 is 39.2 Å². The number of likely N-dealkylation sites (N-methyl/N-ethyl adjacent to an activating group) is 1. The lowest BCUT2D eigenvalue weighted by Crippen LogP contribution is -2.35. The third kappa shape index (κ3) is 3.25. The lowest BCUT2D eigenvalue weighted by molar-refractivity contribution is -0.384. The molecule has 0 N–H and O–H groups in total. The number of carbonyl (C=O) groups is 1. The molecule has 146 valence electrons. The quantitative estimate of drug-likeness (QED) is 0.381. The standard InChI is InChI=1S/C21H17N3O5/c1-2-22(17-9-5-7-14-6-3-4-8-16(14)17)20(25)13-23-18-12-15(24(27)28)10-11-19(18)29-21(23)26/h3-12H,2,13H2,1H3. The summed E-state index contributed by atoms with van der Waals surface area (Å²) in [6, 6.07) is 17.3. The van der Waals surface area contributed by atoms with E-state index in [1.54, 1.807) is 4.90 Å². The first-order valence-corrected chi connectivity index (χ1v) is 9.05. The minimum Gasteiger partial charge on any atom is -0.408 e. The molecule has 29 heavy (non-hydrogen) atoms. The van der Waals surface area contributed by atoms with Gasteiger partial charge < -0.3 is 9.32 Å². The molecular formula is C21H17N3O5. The van der Waals surface area contributed by atoms with Crippen LogP contribution in [0.5, 0.6) is 0 Å². The van der Waals surface area contributed by atoms with Crippen LogP contribution in [0.15, 0.2) is 69.9 Å². The lowest BCUT2D eigenvalue weighted by atomic mass is 10.1. The van der Waals surface area contributed by atoms with Gasteiger partial charge in [-0.1, -0.05) is 36.4 Å². The van der Waals surface area contributed by atoms with Gasteiger partial charge >= 0.3 is 5.76 Å². The van der Waals surface area contributed by atoms with Gasteiger partial charge in [-0.05, 0) is 24.4 Å². The van der Waals surface area contributed by atoms with Crippen LogP contribution in [0, 0.1) is 10.1 Å². The smallest absolute Gasteiger partial charge is 0.408 e. The zero-order valence-electron chi connectivity index (χ0n) is 15.6. The number of anilines is 1. The zero-order valence-corrected chi connectivity index (χ0v) is 15.6. The Morgan fingerprint density at radius 2 is 1.90 bits per heavy atom. The van der Waals surface area contributed by atoms with Crippen LogP contribution in [0.4, 0.5) is 11.4 Å². The van der Waals surface area contributed by atoms with Crippen molar-refractivity contribution in [1.29, 1.82) is 0 Å². The monoisotopic (exact) mass is 391 g/mol. The molecule has 0 spiro atoms. The van der Waals surface area contributed by atoms with E-state index in [0.717, 1.165) is 21.0 Å². The summed E-state index contributed by atoms with van der Waals surface area (Å²) in [4.78, 5) is 37.5. The zero-order chi connectivity index (χ0) is 20.5. The lowest BCUT2D eigenvalue weighted by Gasteiger charge is -2.23. The number of aromatic nitrogens is 1. The van der Waals surface area contributed by atoms with Crippen molar-refractivity contribution in [3.05, 3.63) is 81.3 Å². The maximum absolute atomic E-state index is 13.1. The maximum atomic E-state index is 13.1. The van der Waals surface area contributed by atoms with Crippen LogP contribution in [-0.4, -0.2) is 21.9 Å². The van der Waals surface area contributed by atoms with E-state index >= 15 is 0 Å². The van der Waals surface area contributed by atoms with Gasteiger partial charge in [-0.15, -0.1) is 0 Å².